The van der Waals surface area contributed by atoms with Gasteiger partial charge in [-0.15, -0.1) is 0 Å². The SMILES string of the molecule is COc1cccc([C@H](N)CC(F)F)c1OC. The number of halogens is 2. The summed E-state index contributed by atoms with van der Waals surface area (Å²) in [5, 5.41) is 0. The molecule has 0 amide bonds. The molecule has 0 fully saturated rings. The zero-order chi connectivity index (χ0) is 12.1. The lowest BCUT2D eigenvalue weighted by atomic mass is 10.0. The Balaban J connectivity index is 3.02. The third-order valence-corrected chi connectivity index (χ3v) is 2.26. The second-order valence-electron chi connectivity index (χ2n) is 3.32. The van der Waals surface area contributed by atoms with E-state index in [1.165, 1.54) is 14.2 Å². The van der Waals surface area contributed by atoms with Crippen LogP contribution in [0.4, 0.5) is 8.78 Å². The summed E-state index contributed by atoms with van der Waals surface area (Å²) in [4.78, 5) is 0. The van der Waals surface area contributed by atoms with Crippen LogP contribution in [-0.2, 0) is 0 Å². The van der Waals surface area contributed by atoms with Gasteiger partial charge >= 0.3 is 0 Å². The van der Waals surface area contributed by atoms with Crippen molar-refractivity contribution in [1.82, 2.24) is 0 Å². The molecular formula is C11H15F2NO2. The molecule has 0 radical (unpaired) electrons. The average molecular weight is 231 g/mol. The van der Waals surface area contributed by atoms with Crippen molar-refractivity contribution < 1.29 is 18.3 Å². The highest BCUT2D eigenvalue weighted by molar-refractivity contribution is 5.47. The van der Waals surface area contributed by atoms with Crippen LogP contribution in [-0.4, -0.2) is 20.6 Å². The highest BCUT2D eigenvalue weighted by Gasteiger charge is 2.19. The fourth-order valence-corrected chi connectivity index (χ4v) is 1.52. The molecule has 0 aliphatic heterocycles. The van der Waals surface area contributed by atoms with E-state index in [0.717, 1.165) is 0 Å². The van der Waals surface area contributed by atoms with Crippen molar-refractivity contribution in [2.75, 3.05) is 14.2 Å². The van der Waals surface area contributed by atoms with Crippen molar-refractivity contribution in [1.29, 1.82) is 0 Å². The number of hydrogen-bond donors (Lipinski definition) is 1. The first-order valence-electron chi connectivity index (χ1n) is 4.84. The first-order valence-corrected chi connectivity index (χ1v) is 4.84. The summed E-state index contributed by atoms with van der Waals surface area (Å²) < 4.78 is 34.7. The Morgan fingerprint density at radius 3 is 2.44 bits per heavy atom. The van der Waals surface area contributed by atoms with Crippen LogP contribution in [0.25, 0.3) is 0 Å². The van der Waals surface area contributed by atoms with Gasteiger partial charge in [-0.2, -0.15) is 0 Å². The topological polar surface area (TPSA) is 44.5 Å². The van der Waals surface area contributed by atoms with Gasteiger partial charge in [0, 0.05) is 18.0 Å². The van der Waals surface area contributed by atoms with Gasteiger partial charge in [0.05, 0.1) is 14.2 Å². The summed E-state index contributed by atoms with van der Waals surface area (Å²) in [6.07, 6.45) is -2.84. The molecule has 1 atom stereocenters. The minimum Gasteiger partial charge on any atom is -0.493 e. The van der Waals surface area contributed by atoms with Gasteiger partial charge in [0.25, 0.3) is 0 Å². The smallest absolute Gasteiger partial charge is 0.240 e. The van der Waals surface area contributed by atoms with Crippen molar-refractivity contribution in [3.63, 3.8) is 0 Å². The molecule has 1 aromatic carbocycles. The fraction of sp³-hybridized carbons (Fsp3) is 0.455. The summed E-state index contributed by atoms with van der Waals surface area (Å²) >= 11 is 0. The van der Waals surface area contributed by atoms with Crippen LogP contribution in [0.15, 0.2) is 18.2 Å². The van der Waals surface area contributed by atoms with Crippen LogP contribution >= 0.6 is 0 Å². The van der Waals surface area contributed by atoms with Gasteiger partial charge in [-0.3, -0.25) is 0 Å². The highest BCUT2D eigenvalue weighted by atomic mass is 19.3. The normalized spacial score (nSPS) is 12.6. The molecule has 16 heavy (non-hydrogen) atoms. The van der Waals surface area contributed by atoms with Gasteiger partial charge in [-0.25, -0.2) is 8.78 Å². The monoisotopic (exact) mass is 231 g/mol. The summed E-state index contributed by atoms with van der Waals surface area (Å²) in [7, 11) is 2.94. The van der Waals surface area contributed by atoms with Crippen molar-refractivity contribution in [3.8, 4) is 11.5 Å². The Morgan fingerprint density at radius 2 is 1.94 bits per heavy atom. The van der Waals surface area contributed by atoms with E-state index in [0.29, 0.717) is 17.1 Å². The van der Waals surface area contributed by atoms with E-state index in [-0.39, 0.29) is 0 Å². The molecule has 2 N–H and O–H groups in total. The lowest BCUT2D eigenvalue weighted by molar-refractivity contribution is 0.128. The van der Waals surface area contributed by atoms with E-state index >= 15 is 0 Å². The van der Waals surface area contributed by atoms with Gasteiger partial charge in [0.2, 0.25) is 6.43 Å². The molecule has 0 spiro atoms. The van der Waals surface area contributed by atoms with Gasteiger partial charge in [-0.1, -0.05) is 12.1 Å². The second-order valence-corrected chi connectivity index (χ2v) is 3.32. The summed E-state index contributed by atoms with van der Waals surface area (Å²) in [6.45, 7) is 0. The number of hydrogen-bond acceptors (Lipinski definition) is 3. The predicted octanol–water partition coefficient (Wildman–Crippen LogP) is 2.36. The van der Waals surface area contributed by atoms with Crippen molar-refractivity contribution >= 4 is 0 Å². The number of benzene rings is 1. The van der Waals surface area contributed by atoms with E-state index in [4.69, 9.17) is 15.2 Å². The van der Waals surface area contributed by atoms with Gasteiger partial charge < -0.3 is 15.2 Å². The van der Waals surface area contributed by atoms with Gasteiger partial charge in [0.1, 0.15) is 0 Å². The zero-order valence-electron chi connectivity index (χ0n) is 9.24. The molecule has 1 rings (SSSR count). The predicted molar refractivity (Wildman–Crippen MR) is 57.1 cm³/mol. The van der Waals surface area contributed by atoms with E-state index in [1.54, 1.807) is 18.2 Å². The van der Waals surface area contributed by atoms with Crippen molar-refractivity contribution in [2.24, 2.45) is 5.73 Å². The maximum Gasteiger partial charge on any atom is 0.240 e. The van der Waals surface area contributed by atoms with E-state index in [2.05, 4.69) is 0 Å². The van der Waals surface area contributed by atoms with Gasteiger partial charge in [0.15, 0.2) is 11.5 Å². The molecule has 0 aromatic heterocycles. The Labute approximate surface area is 93.2 Å². The van der Waals surface area contributed by atoms with Crippen molar-refractivity contribution in [3.05, 3.63) is 23.8 Å². The molecule has 3 nitrogen and oxygen atoms in total. The molecule has 0 bridgehead atoms. The number of ether oxygens (including phenoxy) is 2. The molecule has 0 aliphatic carbocycles. The Morgan fingerprint density at radius 1 is 1.25 bits per heavy atom. The van der Waals surface area contributed by atoms with E-state index in [1.807, 2.05) is 0 Å². The molecular weight excluding hydrogens is 216 g/mol. The van der Waals surface area contributed by atoms with Crippen molar-refractivity contribution in [2.45, 2.75) is 18.9 Å². The molecule has 90 valence electrons. The quantitative estimate of drug-likeness (QED) is 0.846. The molecule has 0 aliphatic rings. The zero-order valence-corrected chi connectivity index (χ0v) is 9.24. The third kappa shape index (κ3) is 2.82. The third-order valence-electron chi connectivity index (χ3n) is 2.26. The second kappa shape index (κ2) is 5.65. The van der Waals surface area contributed by atoms with E-state index < -0.39 is 18.9 Å². The van der Waals surface area contributed by atoms with Crippen LogP contribution in [0.2, 0.25) is 0 Å². The maximum atomic E-state index is 12.2. The first-order chi connectivity index (χ1) is 7.60. The Bertz CT molecular complexity index is 345. The minimum absolute atomic E-state index is 0.399. The van der Waals surface area contributed by atoms with Crippen LogP contribution in [0, 0.1) is 0 Å². The Kier molecular flexibility index (Phi) is 4.49. The number of nitrogens with two attached hydrogens (primary N) is 1. The van der Waals surface area contributed by atoms with Crippen LogP contribution in [0.5, 0.6) is 11.5 Å². The number of rotatable bonds is 5. The highest BCUT2D eigenvalue weighted by Crippen LogP contribution is 2.35. The molecule has 1 aromatic rings. The molecule has 5 heteroatoms. The number of para-hydroxylation sites is 1. The van der Waals surface area contributed by atoms with Crippen LogP contribution in [0.3, 0.4) is 0 Å². The minimum atomic E-state index is -2.44. The summed E-state index contributed by atoms with van der Waals surface area (Å²) in [5.74, 6) is 0.905. The van der Waals surface area contributed by atoms with E-state index in [9.17, 15) is 8.78 Å². The lowest BCUT2D eigenvalue weighted by Gasteiger charge is -2.17. The standard InChI is InChI=1S/C11H15F2NO2/c1-15-9-5-3-4-7(11(9)16-2)8(14)6-10(12)13/h3-5,8,10H,6,14H2,1-2H3/t8-/m1/s1. The number of methoxy groups -OCH3 is 2. The number of alkyl halides is 2. The first kappa shape index (κ1) is 12.7. The summed E-state index contributed by atoms with van der Waals surface area (Å²) in [5.41, 5.74) is 6.21. The summed E-state index contributed by atoms with van der Waals surface area (Å²) in [6, 6.07) is 4.29. The lowest BCUT2D eigenvalue weighted by Crippen LogP contribution is -2.15. The molecule has 0 saturated carbocycles. The van der Waals surface area contributed by atoms with Gasteiger partial charge in [-0.05, 0) is 6.07 Å². The largest absolute Gasteiger partial charge is 0.493 e. The maximum absolute atomic E-state index is 12.2. The molecule has 0 saturated heterocycles. The molecule has 0 unspecified atom stereocenters. The molecule has 0 heterocycles. The fourth-order valence-electron chi connectivity index (χ4n) is 1.52. The van der Waals surface area contributed by atoms with Crippen LogP contribution < -0.4 is 15.2 Å². The average Bonchev–Trinajstić information content (AvgIpc) is 2.26. The Hall–Kier alpha value is -1.36. The van der Waals surface area contributed by atoms with Crippen LogP contribution in [0.1, 0.15) is 18.0 Å².